The lowest BCUT2D eigenvalue weighted by Gasteiger charge is -2.14. The van der Waals surface area contributed by atoms with Gasteiger partial charge in [-0.1, -0.05) is 23.8 Å². The van der Waals surface area contributed by atoms with Crippen LogP contribution in [0.25, 0.3) is 5.57 Å². The number of carbonyl (C=O) groups is 1. The van der Waals surface area contributed by atoms with Gasteiger partial charge in [-0.15, -0.1) is 0 Å². The number of allylic oxidation sites excluding steroid dienone is 4. The van der Waals surface area contributed by atoms with Gasteiger partial charge in [0.05, 0.1) is 11.9 Å². The van der Waals surface area contributed by atoms with Gasteiger partial charge in [0.25, 0.3) is 5.56 Å². The number of rotatable bonds is 8. The fourth-order valence-corrected chi connectivity index (χ4v) is 2.64. The Morgan fingerprint density at radius 3 is 2.92 bits per heavy atom. The van der Waals surface area contributed by atoms with Crippen LogP contribution in [0, 0.1) is 0 Å². The van der Waals surface area contributed by atoms with Crippen LogP contribution in [0.5, 0.6) is 0 Å². The number of hydrogen-bond donors (Lipinski definition) is 3. The molecule has 0 bridgehead atoms. The Hall–Kier alpha value is -3.16. The zero-order valence-electron chi connectivity index (χ0n) is 14.7. The fraction of sp³-hybridized carbons (Fsp3) is 0.333. The summed E-state index contributed by atoms with van der Waals surface area (Å²) < 4.78 is 1.12. The molecule has 1 aromatic heterocycles. The van der Waals surface area contributed by atoms with E-state index in [1.807, 2.05) is 0 Å². The largest absolute Gasteiger partial charge is 0.480 e. The number of aliphatic carboxylic acids is 1. The third-order valence-electron chi connectivity index (χ3n) is 3.87. The first kappa shape index (κ1) is 19.2. The molecule has 0 fully saturated rings. The van der Waals surface area contributed by atoms with Crippen LogP contribution in [-0.2, 0) is 11.3 Å². The monoisotopic (exact) mass is 357 g/mol. The van der Waals surface area contributed by atoms with Crippen molar-refractivity contribution >= 4 is 23.6 Å². The van der Waals surface area contributed by atoms with Crippen LogP contribution in [0.15, 0.2) is 46.0 Å². The van der Waals surface area contributed by atoms with Crippen LogP contribution < -0.4 is 16.6 Å². The molecule has 0 amide bonds. The van der Waals surface area contributed by atoms with Crippen molar-refractivity contribution in [2.24, 2.45) is 10.7 Å². The molecule has 8 nitrogen and oxygen atoms in total. The summed E-state index contributed by atoms with van der Waals surface area (Å²) in [6.45, 7) is 0.0367. The van der Waals surface area contributed by atoms with E-state index in [0.29, 0.717) is 17.8 Å². The molecule has 0 spiro atoms. The molecule has 0 saturated heterocycles. The lowest BCUT2D eigenvalue weighted by Crippen LogP contribution is -2.30. The average Bonchev–Trinajstić information content (AvgIpc) is 2.63. The fourth-order valence-electron chi connectivity index (χ4n) is 2.64. The maximum absolute atomic E-state index is 12.7. The first-order valence-corrected chi connectivity index (χ1v) is 8.32. The standard InChI is InChI=1S/C18H23N5O3/c1-20-10-14(9-19)15-11-22-17(18(26)23(15)12-16(24)25)21-8-7-13-5-3-2-4-6-13/h3,5-6,9-11H,2,4,7-8,12,19H2,1H3,(H,21,22)(H,24,25)/b14-9+,20-10?. The number of hydrogen-bond acceptors (Lipinski definition) is 6. The summed E-state index contributed by atoms with van der Waals surface area (Å²) in [5.74, 6) is -1.02. The number of carboxylic acids is 1. The molecule has 138 valence electrons. The van der Waals surface area contributed by atoms with Gasteiger partial charge in [0, 0.05) is 31.6 Å². The lowest BCUT2D eigenvalue weighted by molar-refractivity contribution is -0.137. The average molecular weight is 357 g/mol. The van der Waals surface area contributed by atoms with Crippen LogP contribution in [0.1, 0.15) is 25.0 Å². The highest BCUT2D eigenvalue weighted by Gasteiger charge is 2.15. The van der Waals surface area contributed by atoms with Crippen LogP contribution in [0.4, 0.5) is 5.82 Å². The van der Waals surface area contributed by atoms with Gasteiger partial charge in [0.1, 0.15) is 6.54 Å². The van der Waals surface area contributed by atoms with E-state index in [1.54, 1.807) is 7.05 Å². The molecular weight excluding hydrogens is 334 g/mol. The minimum absolute atomic E-state index is 0.111. The predicted octanol–water partition coefficient (Wildman–Crippen LogP) is 1.41. The van der Waals surface area contributed by atoms with Crippen molar-refractivity contribution in [3.8, 4) is 0 Å². The molecule has 0 aliphatic heterocycles. The number of nitrogens with zero attached hydrogens (tertiary/aromatic N) is 3. The SMILES string of the molecule is CN=C/C(=C\N)c1cnc(NCCC2=CCCC=C2)c(=O)n1CC(=O)O. The number of aromatic nitrogens is 2. The first-order valence-electron chi connectivity index (χ1n) is 8.32. The van der Waals surface area contributed by atoms with Gasteiger partial charge in [-0.3, -0.25) is 19.1 Å². The Morgan fingerprint density at radius 1 is 1.50 bits per heavy atom. The molecule has 0 saturated carbocycles. The predicted molar refractivity (Wildman–Crippen MR) is 102 cm³/mol. The van der Waals surface area contributed by atoms with Crippen molar-refractivity contribution in [1.29, 1.82) is 0 Å². The topological polar surface area (TPSA) is 123 Å². The smallest absolute Gasteiger partial charge is 0.323 e. The maximum Gasteiger partial charge on any atom is 0.323 e. The number of aliphatic imine (C=N–C) groups is 1. The van der Waals surface area contributed by atoms with E-state index in [-0.39, 0.29) is 5.82 Å². The maximum atomic E-state index is 12.7. The normalized spacial score (nSPS) is 14.5. The van der Waals surface area contributed by atoms with Crippen molar-refractivity contribution in [1.82, 2.24) is 9.55 Å². The number of carboxylic acid groups (broad SMARTS) is 1. The summed E-state index contributed by atoms with van der Waals surface area (Å²) in [6, 6.07) is 0. The molecular formula is C18H23N5O3. The summed E-state index contributed by atoms with van der Waals surface area (Å²) in [4.78, 5) is 31.9. The van der Waals surface area contributed by atoms with Crippen LogP contribution >= 0.6 is 0 Å². The molecule has 0 unspecified atom stereocenters. The van der Waals surface area contributed by atoms with Crippen molar-refractivity contribution in [2.45, 2.75) is 25.8 Å². The molecule has 2 rings (SSSR count). The molecule has 0 atom stereocenters. The second kappa shape index (κ2) is 9.36. The highest BCUT2D eigenvalue weighted by atomic mass is 16.4. The van der Waals surface area contributed by atoms with Gasteiger partial charge in [-0.2, -0.15) is 0 Å². The van der Waals surface area contributed by atoms with E-state index in [2.05, 4.69) is 33.5 Å². The first-order chi connectivity index (χ1) is 12.6. The zero-order chi connectivity index (χ0) is 18.9. The quantitative estimate of drug-likeness (QED) is 0.605. The highest BCUT2D eigenvalue weighted by Crippen LogP contribution is 2.14. The van der Waals surface area contributed by atoms with E-state index >= 15 is 0 Å². The number of nitrogens with two attached hydrogens (primary N) is 1. The summed E-state index contributed by atoms with van der Waals surface area (Å²) in [6.07, 6.45) is 13.3. The van der Waals surface area contributed by atoms with E-state index in [9.17, 15) is 9.59 Å². The Kier molecular flexibility index (Phi) is 6.90. The van der Waals surface area contributed by atoms with Gasteiger partial charge >= 0.3 is 5.97 Å². The van der Waals surface area contributed by atoms with Crippen molar-refractivity contribution in [3.63, 3.8) is 0 Å². The highest BCUT2D eigenvalue weighted by molar-refractivity contribution is 6.08. The molecule has 1 aromatic rings. The third kappa shape index (κ3) is 4.92. The summed E-state index contributed by atoms with van der Waals surface area (Å²) in [7, 11) is 1.56. The van der Waals surface area contributed by atoms with Crippen molar-refractivity contribution < 1.29 is 9.90 Å². The molecule has 0 radical (unpaired) electrons. The molecule has 8 heteroatoms. The van der Waals surface area contributed by atoms with Gasteiger partial charge in [0.15, 0.2) is 5.82 Å². The Balaban J connectivity index is 2.25. The van der Waals surface area contributed by atoms with Crippen LogP contribution in [-0.4, -0.2) is 40.4 Å². The molecule has 1 aliphatic carbocycles. The minimum atomic E-state index is -1.13. The molecule has 26 heavy (non-hydrogen) atoms. The van der Waals surface area contributed by atoms with Crippen molar-refractivity contribution in [2.75, 3.05) is 18.9 Å². The van der Waals surface area contributed by atoms with Gasteiger partial charge in [-0.25, -0.2) is 4.98 Å². The molecule has 4 N–H and O–H groups in total. The van der Waals surface area contributed by atoms with E-state index in [0.717, 1.165) is 23.8 Å². The third-order valence-corrected chi connectivity index (χ3v) is 3.87. The Labute approximate surface area is 151 Å². The zero-order valence-corrected chi connectivity index (χ0v) is 14.7. The second-order valence-corrected chi connectivity index (χ2v) is 5.72. The summed E-state index contributed by atoms with van der Waals surface area (Å²) in [5, 5.41) is 12.1. The number of anilines is 1. The number of nitrogens with one attached hydrogen (secondary N) is 1. The Bertz CT molecular complexity index is 834. The summed E-state index contributed by atoms with van der Waals surface area (Å²) >= 11 is 0. The lowest BCUT2D eigenvalue weighted by atomic mass is 10.0. The molecule has 1 aliphatic rings. The van der Waals surface area contributed by atoms with E-state index in [1.165, 1.54) is 24.2 Å². The van der Waals surface area contributed by atoms with Crippen LogP contribution in [0.3, 0.4) is 0 Å². The molecule has 1 heterocycles. The summed E-state index contributed by atoms with van der Waals surface area (Å²) in [5.41, 5.74) is 6.98. The van der Waals surface area contributed by atoms with Gasteiger partial charge in [-0.05, 0) is 19.3 Å². The second-order valence-electron chi connectivity index (χ2n) is 5.72. The van der Waals surface area contributed by atoms with E-state index in [4.69, 9.17) is 10.8 Å². The van der Waals surface area contributed by atoms with E-state index < -0.39 is 18.1 Å². The molecule has 0 aromatic carbocycles. The van der Waals surface area contributed by atoms with Crippen molar-refractivity contribution in [3.05, 3.63) is 52.2 Å². The Morgan fingerprint density at radius 2 is 2.31 bits per heavy atom. The van der Waals surface area contributed by atoms with Gasteiger partial charge < -0.3 is 16.2 Å². The van der Waals surface area contributed by atoms with Gasteiger partial charge in [0.2, 0.25) is 0 Å². The van der Waals surface area contributed by atoms with Crippen LogP contribution in [0.2, 0.25) is 0 Å². The minimum Gasteiger partial charge on any atom is -0.480 e.